The fourth-order valence-electron chi connectivity index (χ4n) is 2.25. The molecular formula is C15H23N3O2. The Morgan fingerprint density at radius 3 is 2.85 bits per heavy atom. The molecule has 5 heteroatoms. The largest absolute Gasteiger partial charge is 0.368 e. The third kappa shape index (κ3) is 4.28. The molecule has 1 amide bonds. The molecular weight excluding hydrogens is 254 g/mol. The van der Waals surface area contributed by atoms with E-state index >= 15 is 0 Å². The van der Waals surface area contributed by atoms with E-state index in [-0.39, 0.29) is 12.0 Å². The number of hydrogen-bond donors (Lipinski definition) is 0. The predicted molar refractivity (Wildman–Crippen MR) is 77.2 cm³/mol. The first kappa shape index (κ1) is 14.9. The van der Waals surface area contributed by atoms with Crippen LogP contribution in [0.3, 0.4) is 0 Å². The molecule has 1 aromatic heterocycles. The maximum Gasteiger partial charge on any atom is 0.252 e. The maximum absolute atomic E-state index is 12.5. The van der Waals surface area contributed by atoms with E-state index in [0.717, 1.165) is 25.1 Å². The van der Waals surface area contributed by atoms with Crippen molar-refractivity contribution in [3.05, 3.63) is 30.1 Å². The molecule has 0 saturated carbocycles. The smallest absolute Gasteiger partial charge is 0.252 e. The Morgan fingerprint density at radius 1 is 1.40 bits per heavy atom. The van der Waals surface area contributed by atoms with Crippen molar-refractivity contribution >= 4 is 5.91 Å². The lowest BCUT2D eigenvalue weighted by Gasteiger charge is -2.26. The molecule has 20 heavy (non-hydrogen) atoms. The van der Waals surface area contributed by atoms with Crippen molar-refractivity contribution < 1.29 is 9.53 Å². The molecule has 1 saturated heterocycles. The second-order valence-electron chi connectivity index (χ2n) is 5.39. The summed E-state index contributed by atoms with van der Waals surface area (Å²) in [7, 11) is 4.02. The van der Waals surface area contributed by atoms with E-state index in [9.17, 15) is 4.79 Å². The third-order valence-corrected chi connectivity index (χ3v) is 3.41. The Morgan fingerprint density at radius 2 is 2.25 bits per heavy atom. The molecule has 0 N–H and O–H groups in total. The van der Waals surface area contributed by atoms with E-state index in [2.05, 4.69) is 9.88 Å². The maximum atomic E-state index is 12.5. The van der Waals surface area contributed by atoms with Gasteiger partial charge < -0.3 is 14.5 Å². The minimum absolute atomic E-state index is 0.0926. The number of aromatic nitrogens is 1. The van der Waals surface area contributed by atoms with Crippen LogP contribution in [0.15, 0.2) is 24.4 Å². The summed E-state index contributed by atoms with van der Waals surface area (Å²) in [4.78, 5) is 20.8. The first-order valence-electron chi connectivity index (χ1n) is 7.12. The average molecular weight is 277 g/mol. The van der Waals surface area contributed by atoms with Gasteiger partial charge >= 0.3 is 0 Å². The number of nitrogens with zero attached hydrogens (tertiary/aromatic N) is 3. The molecule has 110 valence electrons. The van der Waals surface area contributed by atoms with Gasteiger partial charge in [-0.25, -0.2) is 0 Å². The molecule has 0 spiro atoms. The lowest BCUT2D eigenvalue weighted by Crippen LogP contribution is -2.42. The number of carbonyl (C=O) groups excluding carboxylic acids is 1. The van der Waals surface area contributed by atoms with Crippen LogP contribution in [0.25, 0.3) is 0 Å². The van der Waals surface area contributed by atoms with Crippen molar-refractivity contribution in [2.45, 2.75) is 25.5 Å². The minimum Gasteiger partial charge on any atom is -0.368 e. The van der Waals surface area contributed by atoms with Crippen molar-refractivity contribution in [2.24, 2.45) is 0 Å². The number of likely N-dealkylation sites (N-methyl/N-ethyl adjacent to an activating group) is 1. The zero-order chi connectivity index (χ0) is 14.4. The molecule has 0 aromatic carbocycles. The molecule has 0 aliphatic carbocycles. The van der Waals surface area contributed by atoms with Crippen LogP contribution in [0.4, 0.5) is 0 Å². The third-order valence-electron chi connectivity index (χ3n) is 3.41. The van der Waals surface area contributed by atoms with Crippen molar-refractivity contribution in [1.82, 2.24) is 14.8 Å². The van der Waals surface area contributed by atoms with Crippen LogP contribution in [0, 0.1) is 0 Å². The van der Waals surface area contributed by atoms with E-state index in [1.165, 1.54) is 0 Å². The quantitative estimate of drug-likeness (QED) is 0.782. The molecule has 2 rings (SSSR count). The van der Waals surface area contributed by atoms with Gasteiger partial charge in [0.15, 0.2) is 0 Å². The molecule has 5 nitrogen and oxygen atoms in total. The molecule has 0 radical (unpaired) electrons. The van der Waals surface area contributed by atoms with Crippen LogP contribution < -0.4 is 0 Å². The minimum atomic E-state index is -0.263. The summed E-state index contributed by atoms with van der Waals surface area (Å²) in [6.07, 6.45) is 3.30. The van der Waals surface area contributed by atoms with Crippen molar-refractivity contribution in [3.8, 4) is 0 Å². The first-order valence-corrected chi connectivity index (χ1v) is 7.12. The van der Waals surface area contributed by atoms with Crippen molar-refractivity contribution in [3.63, 3.8) is 0 Å². The SMILES string of the molecule is CN(C)CCN(Cc1ccccn1)C(=O)[C@H]1CCCO1. The van der Waals surface area contributed by atoms with Gasteiger partial charge in [0.2, 0.25) is 0 Å². The van der Waals surface area contributed by atoms with Gasteiger partial charge in [0.25, 0.3) is 5.91 Å². The second kappa shape index (κ2) is 7.36. The highest BCUT2D eigenvalue weighted by Gasteiger charge is 2.28. The highest BCUT2D eigenvalue weighted by molar-refractivity contribution is 5.81. The van der Waals surface area contributed by atoms with Crippen LogP contribution >= 0.6 is 0 Å². The van der Waals surface area contributed by atoms with E-state index in [4.69, 9.17) is 4.74 Å². The molecule has 0 unspecified atom stereocenters. The Kier molecular flexibility index (Phi) is 5.49. The van der Waals surface area contributed by atoms with Crippen molar-refractivity contribution in [1.29, 1.82) is 0 Å². The molecule has 2 heterocycles. The van der Waals surface area contributed by atoms with Gasteiger partial charge in [-0.15, -0.1) is 0 Å². The summed E-state index contributed by atoms with van der Waals surface area (Å²) in [5.74, 6) is 0.0926. The van der Waals surface area contributed by atoms with Gasteiger partial charge in [0.1, 0.15) is 6.10 Å². The molecule has 1 atom stereocenters. The summed E-state index contributed by atoms with van der Waals surface area (Å²) < 4.78 is 5.51. The summed E-state index contributed by atoms with van der Waals surface area (Å²) in [5.41, 5.74) is 0.914. The number of hydrogen-bond acceptors (Lipinski definition) is 4. The van der Waals surface area contributed by atoms with E-state index in [1.807, 2.05) is 37.2 Å². The number of ether oxygens (including phenoxy) is 1. The Labute approximate surface area is 120 Å². The lowest BCUT2D eigenvalue weighted by atomic mass is 10.2. The first-order chi connectivity index (χ1) is 9.66. The van der Waals surface area contributed by atoms with Gasteiger partial charge in [-0.3, -0.25) is 9.78 Å². The molecule has 1 fully saturated rings. The second-order valence-corrected chi connectivity index (χ2v) is 5.39. The lowest BCUT2D eigenvalue weighted by molar-refractivity contribution is -0.141. The van der Waals surface area contributed by atoms with Crippen LogP contribution in [0.5, 0.6) is 0 Å². The van der Waals surface area contributed by atoms with Crippen LogP contribution in [0.2, 0.25) is 0 Å². The topological polar surface area (TPSA) is 45.7 Å². The van der Waals surface area contributed by atoms with Crippen molar-refractivity contribution in [2.75, 3.05) is 33.8 Å². The molecule has 0 bridgehead atoms. The van der Waals surface area contributed by atoms with Gasteiger partial charge in [-0.1, -0.05) is 6.07 Å². The summed E-state index contributed by atoms with van der Waals surface area (Å²) in [6, 6.07) is 5.78. The number of carbonyl (C=O) groups is 1. The highest BCUT2D eigenvalue weighted by atomic mass is 16.5. The van der Waals surface area contributed by atoms with Gasteiger partial charge in [-0.2, -0.15) is 0 Å². The Bertz CT molecular complexity index is 416. The van der Waals surface area contributed by atoms with Gasteiger partial charge in [-0.05, 0) is 39.1 Å². The number of amides is 1. The average Bonchev–Trinajstić information content (AvgIpc) is 2.97. The van der Waals surface area contributed by atoms with Crippen LogP contribution in [-0.2, 0) is 16.1 Å². The zero-order valence-corrected chi connectivity index (χ0v) is 12.3. The monoisotopic (exact) mass is 277 g/mol. The molecule has 1 aromatic rings. The molecule has 1 aliphatic heterocycles. The summed E-state index contributed by atoms with van der Waals surface area (Å²) >= 11 is 0. The normalized spacial score (nSPS) is 18.4. The van der Waals surface area contributed by atoms with E-state index in [1.54, 1.807) is 6.20 Å². The van der Waals surface area contributed by atoms with Crippen LogP contribution in [-0.4, -0.2) is 60.6 Å². The Balaban J connectivity index is 2.01. The number of pyridine rings is 1. The molecule has 1 aliphatic rings. The highest BCUT2D eigenvalue weighted by Crippen LogP contribution is 2.16. The fourth-order valence-corrected chi connectivity index (χ4v) is 2.25. The van der Waals surface area contributed by atoms with Gasteiger partial charge in [0, 0.05) is 25.9 Å². The zero-order valence-electron chi connectivity index (χ0n) is 12.3. The fraction of sp³-hybridized carbons (Fsp3) is 0.600. The Hall–Kier alpha value is -1.46. The van der Waals surface area contributed by atoms with Gasteiger partial charge in [0.05, 0.1) is 12.2 Å². The standard InChI is InChI=1S/C15H23N3O2/c1-17(2)9-10-18(12-13-6-3-4-8-16-13)15(19)14-7-5-11-20-14/h3-4,6,8,14H,5,7,9-12H2,1-2H3/t14-/m1/s1. The number of rotatable bonds is 6. The summed E-state index contributed by atoms with van der Waals surface area (Å²) in [5, 5.41) is 0. The van der Waals surface area contributed by atoms with E-state index < -0.39 is 0 Å². The summed E-state index contributed by atoms with van der Waals surface area (Å²) in [6.45, 7) is 2.78. The predicted octanol–water partition coefficient (Wildman–Crippen LogP) is 1.15. The van der Waals surface area contributed by atoms with E-state index in [0.29, 0.717) is 19.7 Å². The van der Waals surface area contributed by atoms with Crippen LogP contribution in [0.1, 0.15) is 18.5 Å².